The Kier molecular flexibility index (Phi) is 3.43. The molecule has 1 fully saturated rings. The van der Waals surface area contributed by atoms with Gasteiger partial charge < -0.3 is 10.6 Å². The van der Waals surface area contributed by atoms with Crippen LogP contribution in [0.2, 0.25) is 0 Å². The molecule has 0 amide bonds. The van der Waals surface area contributed by atoms with E-state index in [1.54, 1.807) is 0 Å². The summed E-state index contributed by atoms with van der Waals surface area (Å²) in [5.41, 5.74) is 7.98. The topological polar surface area (TPSA) is 53.0 Å². The Labute approximate surface area is 96.5 Å². The largest absolute Gasteiger partial charge is 0.356 e. The fourth-order valence-corrected chi connectivity index (χ4v) is 2.18. The van der Waals surface area contributed by atoms with E-state index in [1.807, 2.05) is 24.3 Å². The first-order valence-corrected chi connectivity index (χ1v) is 5.83. The number of nitrogens with two attached hydrogens (primary N) is 1. The van der Waals surface area contributed by atoms with Crippen molar-refractivity contribution in [1.82, 2.24) is 0 Å². The van der Waals surface area contributed by atoms with Gasteiger partial charge in [-0.05, 0) is 43.5 Å². The monoisotopic (exact) mass is 215 g/mol. The van der Waals surface area contributed by atoms with E-state index in [-0.39, 0.29) is 6.17 Å². The number of hydrogen-bond donors (Lipinski definition) is 1. The molecule has 1 heterocycles. The van der Waals surface area contributed by atoms with E-state index in [1.165, 1.54) is 19.3 Å². The minimum atomic E-state index is 0.121. The predicted octanol–water partition coefficient (Wildman–Crippen LogP) is 2.22. The molecule has 16 heavy (non-hydrogen) atoms. The van der Waals surface area contributed by atoms with Crippen LogP contribution in [0.15, 0.2) is 24.3 Å². The molecule has 2 rings (SSSR count). The van der Waals surface area contributed by atoms with Gasteiger partial charge >= 0.3 is 0 Å². The fraction of sp³-hybridized carbons (Fsp3) is 0.462. The summed E-state index contributed by atoms with van der Waals surface area (Å²) in [6.45, 7) is 1.02. The van der Waals surface area contributed by atoms with Gasteiger partial charge in [0, 0.05) is 12.2 Å². The average Bonchev–Trinajstić information content (AvgIpc) is 2.54. The zero-order valence-electron chi connectivity index (χ0n) is 9.39. The number of hydrogen-bond acceptors (Lipinski definition) is 3. The van der Waals surface area contributed by atoms with Crippen molar-refractivity contribution in [2.24, 2.45) is 5.73 Å². The van der Waals surface area contributed by atoms with E-state index >= 15 is 0 Å². The number of nitriles is 1. The molecule has 84 valence electrons. The third-order valence-corrected chi connectivity index (χ3v) is 3.13. The molecule has 1 unspecified atom stereocenters. The molecule has 1 aliphatic rings. The minimum absolute atomic E-state index is 0.121. The molecule has 0 bridgehead atoms. The molecule has 0 aliphatic carbocycles. The van der Waals surface area contributed by atoms with Crippen LogP contribution in [-0.2, 0) is 0 Å². The van der Waals surface area contributed by atoms with Gasteiger partial charge in [0.15, 0.2) is 0 Å². The summed E-state index contributed by atoms with van der Waals surface area (Å²) in [6, 6.07) is 9.82. The van der Waals surface area contributed by atoms with Gasteiger partial charge in [0.2, 0.25) is 0 Å². The Morgan fingerprint density at radius 3 is 2.62 bits per heavy atom. The van der Waals surface area contributed by atoms with E-state index < -0.39 is 0 Å². The number of rotatable bonds is 1. The average molecular weight is 215 g/mol. The van der Waals surface area contributed by atoms with Gasteiger partial charge in [-0.15, -0.1) is 0 Å². The minimum Gasteiger partial charge on any atom is -0.356 e. The molecule has 2 N–H and O–H groups in total. The molecular formula is C13H17N3. The van der Waals surface area contributed by atoms with Crippen LogP contribution in [0, 0.1) is 11.3 Å². The summed E-state index contributed by atoms with van der Waals surface area (Å²) >= 11 is 0. The van der Waals surface area contributed by atoms with E-state index in [9.17, 15) is 0 Å². The van der Waals surface area contributed by atoms with Crippen LogP contribution in [-0.4, -0.2) is 12.7 Å². The molecule has 3 heteroatoms. The van der Waals surface area contributed by atoms with Crippen LogP contribution in [0.5, 0.6) is 0 Å². The Morgan fingerprint density at radius 2 is 1.94 bits per heavy atom. The molecule has 1 saturated heterocycles. The van der Waals surface area contributed by atoms with Crippen molar-refractivity contribution < 1.29 is 0 Å². The van der Waals surface area contributed by atoms with Crippen LogP contribution < -0.4 is 10.6 Å². The highest BCUT2D eigenvalue weighted by Gasteiger charge is 2.17. The normalized spacial score (nSPS) is 21.2. The van der Waals surface area contributed by atoms with Crippen molar-refractivity contribution in [3.05, 3.63) is 29.8 Å². The van der Waals surface area contributed by atoms with E-state index in [2.05, 4.69) is 11.0 Å². The molecule has 0 saturated carbocycles. The Hall–Kier alpha value is -1.53. The quantitative estimate of drug-likeness (QED) is 0.781. The van der Waals surface area contributed by atoms with Gasteiger partial charge in [-0.2, -0.15) is 5.26 Å². The second kappa shape index (κ2) is 5.00. The van der Waals surface area contributed by atoms with Crippen LogP contribution in [0.1, 0.15) is 31.2 Å². The van der Waals surface area contributed by atoms with Gasteiger partial charge in [0.25, 0.3) is 0 Å². The van der Waals surface area contributed by atoms with Crippen LogP contribution in [0.4, 0.5) is 5.69 Å². The first kappa shape index (κ1) is 11.0. The summed E-state index contributed by atoms with van der Waals surface area (Å²) in [7, 11) is 0. The fourth-order valence-electron chi connectivity index (χ4n) is 2.18. The molecule has 1 atom stereocenters. The lowest BCUT2D eigenvalue weighted by atomic mass is 10.2. The van der Waals surface area contributed by atoms with Crippen molar-refractivity contribution in [2.75, 3.05) is 11.4 Å². The Balaban J connectivity index is 2.18. The third-order valence-electron chi connectivity index (χ3n) is 3.13. The van der Waals surface area contributed by atoms with Gasteiger partial charge in [-0.3, -0.25) is 0 Å². The smallest absolute Gasteiger partial charge is 0.0991 e. The number of anilines is 1. The van der Waals surface area contributed by atoms with Gasteiger partial charge in [-0.25, -0.2) is 0 Å². The Morgan fingerprint density at radius 1 is 1.19 bits per heavy atom. The number of benzene rings is 1. The van der Waals surface area contributed by atoms with Gasteiger partial charge in [0.05, 0.1) is 17.8 Å². The molecule has 0 radical (unpaired) electrons. The molecular weight excluding hydrogens is 198 g/mol. The molecule has 1 aromatic rings. The lowest BCUT2D eigenvalue weighted by Gasteiger charge is -2.29. The molecule has 3 nitrogen and oxygen atoms in total. The summed E-state index contributed by atoms with van der Waals surface area (Å²) in [4.78, 5) is 2.24. The highest BCUT2D eigenvalue weighted by atomic mass is 15.2. The maximum absolute atomic E-state index is 8.75. The van der Waals surface area contributed by atoms with Gasteiger partial charge in [-0.1, -0.05) is 6.42 Å². The van der Waals surface area contributed by atoms with Crippen LogP contribution in [0.25, 0.3) is 0 Å². The SMILES string of the molecule is N#Cc1ccc(N2CCCCCC2N)cc1. The highest BCUT2D eigenvalue weighted by molar-refractivity contribution is 5.50. The first-order valence-electron chi connectivity index (χ1n) is 5.83. The Bertz CT molecular complexity index is 377. The maximum atomic E-state index is 8.75. The zero-order chi connectivity index (χ0) is 11.4. The van der Waals surface area contributed by atoms with E-state index in [0.29, 0.717) is 5.56 Å². The van der Waals surface area contributed by atoms with Crippen molar-refractivity contribution in [3.8, 4) is 6.07 Å². The van der Waals surface area contributed by atoms with Crippen molar-refractivity contribution >= 4 is 5.69 Å². The van der Waals surface area contributed by atoms with Crippen molar-refractivity contribution in [1.29, 1.82) is 5.26 Å². The third kappa shape index (κ3) is 2.34. The van der Waals surface area contributed by atoms with Crippen LogP contribution >= 0.6 is 0 Å². The maximum Gasteiger partial charge on any atom is 0.0991 e. The second-order valence-electron chi connectivity index (χ2n) is 4.27. The van der Waals surface area contributed by atoms with Crippen molar-refractivity contribution in [3.63, 3.8) is 0 Å². The van der Waals surface area contributed by atoms with Gasteiger partial charge in [0.1, 0.15) is 0 Å². The summed E-state index contributed by atoms with van der Waals surface area (Å²) in [6.07, 6.45) is 4.86. The lowest BCUT2D eigenvalue weighted by Crippen LogP contribution is -2.41. The zero-order valence-corrected chi connectivity index (χ0v) is 9.39. The van der Waals surface area contributed by atoms with Crippen LogP contribution in [0.3, 0.4) is 0 Å². The molecule has 0 spiro atoms. The van der Waals surface area contributed by atoms with E-state index in [0.717, 1.165) is 18.7 Å². The first-order chi connectivity index (χ1) is 7.81. The van der Waals surface area contributed by atoms with E-state index in [4.69, 9.17) is 11.0 Å². The number of nitrogens with zero attached hydrogens (tertiary/aromatic N) is 2. The van der Waals surface area contributed by atoms with Crippen molar-refractivity contribution in [2.45, 2.75) is 31.8 Å². The molecule has 0 aromatic heterocycles. The molecule has 1 aliphatic heterocycles. The standard InChI is InChI=1S/C13H17N3/c14-10-11-5-7-12(8-6-11)16-9-3-1-2-4-13(16)15/h5-8,13H,1-4,9,15H2. The summed E-state index contributed by atoms with van der Waals surface area (Å²) in [5, 5.41) is 8.75. The molecule has 1 aromatic carbocycles. The lowest BCUT2D eigenvalue weighted by molar-refractivity contribution is 0.592. The second-order valence-corrected chi connectivity index (χ2v) is 4.27. The summed E-state index contributed by atoms with van der Waals surface area (Å²) < 4.78 is 0. The predicted molar refractivity (Wildman–Crippen MR) is 64.9 cm³/mol. The summed E-state index contributed by atoms with van der Waals surface area (Å²) in [5.74, 6) is 0. The highest BCUT2D eigenvalue weighted by Crippen LogP contribution is 2.22.